The van der Waals surface area contributed by atoms with E-state index in [0.717, 1.165) is 11.3 Å². The van der Waals surface area contributed by atoms with Crippen LogP contribution in [0.5, 0.6) is 0 Å². The summed E-state index contributed by atoms with van der Waals surface area (Å²) in [4.78, 5) is 5.97. The van der Waals surface area contributed by atoms with Crippen LogP contribution in [0.3, 0.4) is 0 Å². The van der Waals surface area contributed by atoms with Crippen LogP contribution >= 0.6 is 11.6 Å². The summed E-state index contributed by atoms with van der Waals surface area (Å²) in [7, 11) is 3.89. The summed E-state index contributed by atoms with van der Waals surface area (Å²) in [5.74, 6) is 1.37. The van der Waals surface area contributed by atoms with E-state index in [0.29, 0.717) is 11.1 Å². The van der Waals surface area contributed by atoms with Gasteiger partial charge in [0, 0.05) is 14.1 Å². The van der Waals surface area contributed by atoms with Crippen molar-refractivity contribution in [2.75, 3.05) is 24.7 Å². The van der Waals surface area contributed by atoms with E-state index in [1.807, 2.05) is 41.6 Å². The smallest absolute Gasteiger partial charge is 0.208 e. The van der Waals surface area contributed by atoms with Crippen molar-refractivity contribution < 1.29 is 0 Å². The molecular formula is C9H11ClN4. The second-order valence-electron chi connectivity index (χ2n) is 3.26. The lowest BCUT2D eigenvalue weighted by atomic mass is 10.4. The predicted molar refractivity (Wildman–Crippen MR) is 58.9 cm³/mol. The summed E-state index contributed by atoms with van der Waals surface area (Å²) in [5, 5.41) is 0.436. The van der Waals surface area contributed by atoms with Gasteiger partial charge in [0.2, 0.25) is 5.95 Å². The lowest BCUT2D eigenvalue weighted by molar-refractivity contribution is 1.03. The first-order valence-electron chi connectivity index (χ1n) is 4.21. The Morgan fingerprint density at radius 1 is 1.43 bits per heavy atom. The topological polar surface area (TPSA) is 46.6 Å². The summed E-state index contributed by atoms with van der Waals surface area (Å²) < 4.78 is 1.82. The predicted octanol–water partition coefficient (Wildman–Crippen LogP) is 1.64. The number of nitrogens with zero attached hydrogens (tertiary/aromatic N) is 3. The summed E-state index contributed by atoms with van der Waals surface area (Å²) in [5.41, 5.74) is 6.59. The van der Waals surface area contributed by atoms with Crippen molar-refractivity contribution in [3.05, 3.63) is 23.4 Å². The zero-order chi connectivity index (χ0) is 10.3. The summed E-state index contributed by atoms with van der Waals surface area (Å²) in [6.07, 6.45) is 0. The van der Waals surface area contributed by atoms with Crippen LogP contribution < -0.4 is 10.6 Å². The quantitative estimate of drug-likeness (QED) is 0.779. The van der Waals surface area contributed by atoms with Gasteiger partial charge in [-0.05, 0) is 12.1 Å². The van der Waals surface area contributed by atoms with Crippen molar-refractivity contribution in [3.8, 4) is 0 Å². The van der Waals surface area contributed by atoms with Gasteiger partial charge in [-0.1, -0.05) is 17.7 Å². The largest absolute Gasteiger partial charge is 0.369 e. The Balaban J connectivity index is 2.85. The first kappa shape index (κ1) is 9.15. The van der Waals surface area contributed by atoms with Gasteiger partial charge in [-0.2, -0.15) is 0 Å². The minimum absolute atomic E-state index is 0.411. The summed E-state index contributed by atoms with van der Waals surface area (Å²) >= 11 is 5.92. The highest BCUT2D eigenvalue weighted by atomic mass is 35.5. The fourth-order valence-corrected chi connectivity index (χ4v) is 1.69. The molecule has 0 aromatic carbocycles. The monoisotopic (exact) mass is 210 g/mol. The van der Waals surface area contributed by atoms with Crippen molar-refractivity contribution >= 4 is 28.9 Å². The van der Waals surface area contributed by atoms with Crippen LogP contribution in [-0.4, -0.2) is 23.5 Å². The van der Waals surface area contributed by atoms with Gasteiger partial charge in [0.05, 0.1) is 5.52 Å². The number of pyridine rings is 1. The van der Waals surface area contributed by atoms with Crippen LogP contribution in [0.4, 0.5) is 11.8 Å². The zero-order valence-electron chi connectivity index (χ0n) is 8.03. The van der Waals surface area contributed by atoms with Gasteiger partial charge in [0.25, 0.3) is 0 Å². The Kier molecular flexibility index (Phi) is 2.00. The van der Waals surface area contributed by atoms with Crippen LogP contribution in [0.25, 0.3) is 5.52 Å². The SMILES string of the molecule is CN(C)c1cccc2c(Cl)nc(N)n12. The average Bonchev–Trinajstić information content (AvgIpc) is 2.43. The fraction of sp³-hybridized carbons (Fsp3) is 0.222. The highest BCUT2D eigenvalue weighted by Crippen LogP contribution is 2.24. The number of hydrogen-bond donors (Lipinski definition) is 1. The molecule has 0 radical (unpaired) electrons. The Hall–Kier alpha value is -1.42. The van der Waals surface area contributed by atoms with E-state index in [2.05, 4.69) is 4.98 Å². The van der Waals surface area contributed by atoms with Crippen LogP contribution in [0.2, 0.25) is 5.15 Å². The summed E-state index contributed by atoms with van der Waals surface area (Å²) in [6, 6.07) is 5.78. The molecule has 0 bridgehead atoms. The van der Waals surface area contributed by atoms with Gasteiger partial charge in [-0.3, -0.25) is 4.40 Å². The Labute approximate surface area is 86.9 Å². The molecule has 4 nitrogen and oxygen atoms in total. The van der Waals surface area contributed by atoms with Crippen LogP contribution in [-0.2, 0) is 0 Å². The molecule has 5 heteroatoms. The number of fused-ring (bicyclic) bond motifs is 1. The second-order valence-corrected chi connectivity index (χ2v) is 3.62. The highest BCUT2D eigenvalue weighted by molar-refractivity contribution is 6.32. The number of nitrogens with two attached hydrogens (primary N) is 1. The molecule has 0 spiro atoms. The van der Waals surface area contributed by atoms with E-state index in [9.17, 15) is 0 Å². The van der Waals surface area contributed by atoms with Gasteiger partial charge >= 0.3 is 0 Å². The lowest BCUT2D eigenvalue weighted by Crippen LogP contribution is -2.13. The molecule has 0 saturated heterocycles. The molecule has 0 unspecified atom stereocenters. The molecule has 0 saturated carbocycles. The number of nitrogen functional groups attached to an aromatic ring is 1. The van der Waals surface area contributed by atoms with E-state index in [4.69, 9.17) is 17.3 Å². The Bertz CT molecular complexity index is 475. The van der Waals surface area contributed by atoms with Crippen molar-refractivity contribution in [3.63, 3.8) is 0 Å². The zero-order valence-corrected chi connectivity index (χ0v) is 8.78. The summed E-state index contributed by atoms with van der Waals surface area (Å²) in [6.45, 7) is 0. The minimum Gasteiger partial charge on any atom is -0.369 e. The standard InChI is InChI=1S/C9H11ClN4/c1-13(2)7-5-3-4-6-8(10)12-9(11)14(6)7/h3-5H,1-2H3,(H2,11,12). The molecule has 2 heterocycles. The maximum absolute atomic E-state index is 5.92. The number of anilines is 2. The van der Waals surface area contributed by atoms with E-state index in [-0.39, 0.29) is 0 Å². The third-order valence-corrected chi connectivity index (χ3v) is 2.36. The lowest BCUT2D eigenvalue weighted by Gasteiger charge is -2.14. The van der Waals surface area contributed by atoms with Crippen LogP contribution in [0.15, 0.2) is 18.2 Å². The van der Waals surface area contributed by atoms with E-state index >= 15 is 0 Å². The molecule has 2 aromatic heterocycles. The van der Waals surface area contributed by atoms with Gasteiger partial charge in [0.1, 0.15) is 5.82 Å². The molecule has 2 rings (SSSR count). The Morgan fingerprint density at radius 2 is 2.14 bits per heavy atom. The average molecular weight is 211 g/mol. The Morgan fingerprint density at radius 3 is 2.79 bits per heavy atom. The van der Waals surface area contributed by atoms with Crippen molar-refractivity contribution in [1.29, 1.82) is 0 Å². The fourth-order valence-electron chi connectivity index (χ4n) is 1.46. The number of imidazole rings is 1. The molecule has 0 atom stereocenters. The molecule has 0 fully saturated rings. The molecule has 0 amide bonds. The van der Waals surface area contributed by atoms with E-state index in [1.54, 1.807) is 0 Å². The number of rotatable bonds is 1. The second kappa shape index (κ2) is 3.06. The molecule has 0 aliphatic rings. The molecule has 2 N–H and O–H groups in total. The van der Waals surface area contributed by atoms with Gasteiger partial charge in [-0.15, -0.1) is 0 Å². The van der Waals surface area contributed by atoms with Gasteiger partial charge < -0.3 is 10.6 Å². The van der Waals surface area contributed by atoms with Crippen molar-refractivity contribution in [2.24, 2.45) is 0 Å². The molecule has 0 aliphatic heterocycles. The van der Waals surface area contributed by atoms with Gasteiger partial charge in [-0.25, -0.2) is 4.98 Å². The first-order chi connectivity index (χ1) is 6.61. The molecule has 74 valence electrons. The van der Waals surface area contributed by atoms with Crippen LogP contribution in [0.1, 0.15) is 0 Å². The third-order valence-electron chi connectivity index (χ3n) is 2.08. The third kappa shape index (κ3) is 1.19. The molecule has 0 aliphatic carbocycles. The maximum Gasteiger partial charge on any atom is 0.208 e. The molecular weight excluding hydrogens is 200 g/mol. The maximum atomic E-state index is 5.92. The van der Waals surface area contributed by atoms with E-state index in [1.165, 1.54) is 0 Å². The molecule has 14 heavy (non-hydrogen) atoms. The van der Waals surface area contributed by atoms with Crippen molar-refractivity contribution in [1.82, 2.24) is 9.38 Å². The highest BCUT2D eigenvalue weighted by Gasteiger charge is 2.10. The first-order valence-corrected chi connectivity index (χ1v) is 4.59. The van der Waals surface area contributed by atoms with Crippen molar-refractivity contribution in [2.45, 2.75) is 0 Å². The van der Waals surface area contributed by atoms with E-state index < -0.39 is 0 Å². The number of aromatic nitrogens is 2. The minimum atomic E-state index is 0.411. The van der Waals surface area contributed by atoms with Gasteiger partial charge in [0.15, 0.2) is 5.15 Å². The van der Waals surface area contributed by atoms with Crippen LogP contribution in [0, 0.1) is 0 Å². The number of halogens is 1. The molecule has 2 aromatic rings. The normalized spacial score (nSPS) is 10.8. The number of hydrogen-bond acceptors (Lipinski definition) is 3.